The Morgan fingerprint density at radius 3 is 2.41 bits per heavy atom. The number of carboxylic acids is 1. The zero-order chi connectivity index (χ0) is 54.5. The first-order chi connectivity index (χ1) is 37.9. The van der Waals surface area contributed by atoms with E-state index in [1.165, 1.54) is 29.8 Å². The normalized spacial score (nSPS) is 22.0. The second-order valence-electron chi connectivity index (χ2n) is 19.2. The van der Waals surface area contributed by atoms with Crippen LogP contribution in [0.1, 0.15) is 16.8 Å². The van der Waals surface area contributed by atoms with Gasteiger partial charge in [0.1, 0.15) is 90.3 Å². The number of aromatic nitrogens is 4. The van der Waals surface area contributed by atoms with Gasteiger partial charge in [-0.15, -0.1) is 11.3 Å². The van der Waals surface area contributed by atoms with Crippen molar-refractivity contribution in [1.29, 1.82) is 0 Å². The smallest absolute Gasteiger partial charge is 0.345 e. The molecule has 78 heavy (non-hydrogen) atoms. The second kappa shape index (κ2) is 24.6. The number of thiophene rings is 1. The molecule has 4 aliphatic rings. The maximum atomic E-state index is 14.4. The molecular formula is C57H60ClFN6O12S. The Morgan fingerprint density at radius 2 is 1.65 bits per heavy atom. The van der Waals surface area contributed by atoms with Gasteiger partial charge in [0.05, 0.1) is 16.1 Å². The van der Waals surface area contributed by atoms with E-state index in [2.05, 4.69) is 31.8 Å². The first-order valence-electron chi connectivity index (χ1n) is 25.4. The first kappa shape index (κ1) is 54.8. The average molecular weight is 1110 g/mol. The molecule has 4 bridgehead atoms. The molecule has 18 nitrogen and oxygen atoms in total. The topological polar surface area (TPSA) is 188 Å². The van der Waals surface area contributed by atoms with Crippen LogP contribution < -0.4 is 23.7 Å². The van der Waals surface area contributed by atoms with Crippen molar-refractivity contribution in [1.82, 2.24) is 29.7 Å². The van der Waals surface area contributed by atoms with Crippen LogP contribution in [0.3, 0.4) is 0 Å². The Morgan fingerprint density at radius 1 is 0.859 bits per heavy atom. The van der Waals surface area contributed by atoms with Gasteiger partial charge >= 0.3 is 5.97 Å². The minimum absolute atomic E-state index is 0.00599. The van der Waals surface area contributed by atoms with E-state index in [1.54, 1.807) is 71.0 Å². The molecule has 7 atom stereocenters. The highest BCUT2D eigenvalue weighted by molar-refractivity contribution is 7.22. The van der Waals surface area contributed by atoms with Crippen molar-refractivity contribution < 1.29 is 61.7 Å². The van der Waals surface area contributed by atoms with Crippen LogP contribution in [-0.4, -0.2) is 165 Å². The number of likely N-dealkylation sites (N-methyl/N-ethyl adjacent to an activating group) is 1. The molecule has 4 aliphatic heterocycles. The molecule has 0 saturated carbocycles. The van der Waals surface area contributed by atoms with E-state index >= 15 is 0 Å². The minimum atomic E-state index is -1.48. The summed E-state index contributed by atoms with van der Waals surface area (Å²) in [6.07, 6.45) is -1.87. The maximum Gasteiger partial charge on any atom is 0.345 e. The fraction of sp³-hybridized carbons (Fsp3) is 0.386. The third-order valence-electron chi connectivity index (χ3n) is 14.2. The number of fused-ring (bicyclic) bond motifs is 7. The Labute approximate surface area is 459 Å². The molecule has 0 amide bonds. The molecule has 2 saturated heterocycles. The van der Waals surface area contributed by atoms with E-state index in [4.69, 9.17) is 64.0 Å². The monoisotopic (exact) mass is 1110 g/mol. The van der Waals surface area contributed by atoms with Gasteiger partial charge in [-0.1, -0.05) is 41.9 Å². The Kier molecular flexibility index (Phi) is 17.3. The minimum Gasteiger partial charge on any atom is -0.491 e. The van der Waals surface area contributed by atoms with E-state index in [0.717, 1.165) is 31.1 Å². The van der Waals surface area contributed by atoms with Crippen LogP contribution in [0, 0.1) is 12.7 Å². The number of carbonyl (C=O) groups is 1. The molecule has 0 spiro atoms. The van der Waals surface area contributed by atoms with Crippen LogP contribution in [0.15, 0.2) is 97.5 Å². The molecular weight excluding hydrogens is 1050 g/mol. The van der Waals surface area contributed by atoms with E-state index in [1.807, 2.05) is 43.3 Å². The fourth-order valence-corrected chi connectivity index (χ4v) is 11.4. The molecule has 21 heteroatoms. The lowest BCUT2D eigenvalue weighted by molar-refractivity contribution is -0.305. The second-order valence-corrected chi connectivity index (χ2v) is 20.6. The quantitative estimate of drug-likeness (QED) is 0.103. The number of ether oxygens (including phenoxy) is 10. The summed E-state index contributed by atoms with van der Waals surface area (Å²) in [5, 5.41) is 11.8. The van der Waals surface area contributed by atoms with Gasteiger partial charge in [0.25, 0.3) is 0 Å². The third kappa shape index (κ3) is 12.0. The first-order valence-corrected chi connectivity index (χ1v) is 26.6. The molecule has 4 aromatic carbocycles. The van der Waals surface area contributed by atoms with Crippen molar-refractivity contribution >= 4 is 39.1 Å². The summed E-state index contributed by atoms with van der Waals surface area (Å²) in [7, 11) is 8.38. The number of aliphatic carboxylic acids is 1. The summed E-state index contributed by atoms with van der Waals surface area (Å²) in [5.41, 5.74) is 4.49. The van der Waals surface area contributed by atoms with Gasteiger partial charge in [0, 0.05) is 95.3 Å². The fourth-order valence-electron chi connectivity index (χ4n) is 10.0. The number of hydrogen-bond acceptors (Lipinski definition) is 18. The van der Waals surface area contributed by atoms with Gasteiger partial charge < -0.3 is 57.4 Å². The zero-order valence-corrected chi connectivity index (χ0v) is 45.5. The van der Waals surface area contributed by atoms with Crippen LogP contribution in [0.2, 0.25) is 5.02 Å². The van der Waals surface area contributed by atoms with Gasteiger partial charge in [0.15, 0.2) is 12.1 Å². The molecule has 0 radical (unpaired) electrons. The zero-order valence-electron chi connectivity index (χ0n) is 43.9. The van der Waals surface area contributed by atoms with Crippen molar-refractivity contribution in [3.05, 3.63) is 125 Å². The van der Waals surface area contributed by atoms with Gasteiger partial charge in [0.2, 0.25) is 12.0 Å². The summed E-state index contributed by atoms with van der Waals surface area (Å²) in [5.74, 6) is 0.677. The number of nitrogens with zero attached hydrogens (tertiary/aromatic N) is 6. The lowest BCUT2D eigenvalue weighted by Gasteiger charge is -2.44. The molecule has 2 fully saturated rings. The Bertz CT molecular complexity index is 3220. The third-order valence-corrected chi connectivity index (χ3v) is 15.8. The largest absolute Gasteiger partial charge is 0.491 e. The van der Waals surface area contributed by atoms with E-state index in [9.17, 15) is 14.3 Å². The van der Waals surface area contributed by atoms with Crippen molar-refractivity contribution in [2.45, 2.75) is 62.9 Å². The van der Waals surface area contributed by atoms with Crippen molar-refractivity contribution in [2.75, 3.05) is 81.4 Å². The number of piperazine rings is 1. The van der Waals surface area contributed by atoms with Crippen molar-refractivity contribution in [3.63, 3.8) is 0 Å². The summed E-state index contributed by atoms with van der Waals surface area (Å²) in [4.78, 5) is 37.9. The molecule has 11 rings (SSSR count). The number of carboxylic acid groups (broad SMARTS) is 1. The van der Waals surface area contributed by atoms with Crippen LogP contribution in [-0.2, 0) is 41.5 Å². The molecule has 1 N–H and O–H groups in total. The SMILES string of the molecule is CO[C@H]1O[C@H](COc2cccc(-c3nccc(COc4ccc5cc4C[C@H](C(=O)O)Oc4ncnc6sc(-c7ccc(F)cc7)c(c46)-c4ccc(c(Cl)c4C)O[C@H](CN4CCN(C)CC4)CO5)n3)c2)[C@@H](OC)[C@H](OC)[C@@H]1OC. The molecule has 0 aliphatic carbocycles. The molecule has 410 valence electrons. The van der Waals surface area contributed by atoms with Crippen molar-refractivity contribution in [3.8, 4) is 61.8 Å². The van der Waals surface area contributed by atoms with Crippen LogP contribution >= 0.6 is 22.9 Å². The average Bonchev–Trinajstić information content (AvgIpc) is 4.09. The van der Waals surface area contributed by atoms with Gasteiger partial charge in [-0.2, -0.15) is 0 Å². The number of halogens is 2. The molecule has 3 aromatic heterocycles. The molecule has 7 aromatic rings. The highest BCUT2D eigenvalue weighted by Gasteiger charge is 2.47. The predicted octanol–water partition coefficient (Wildman–Crippen LogP) is 8.42. The standard InChI is InChI=1S/C57H60ClFN6O12S/c1-32-41-15-17-43(48(32)58)75-40(27-65-22-20-64(2)21-23-65)29-72-39-14-16-42(35(25-39)26-44(56(66)67)76-54-47-46(41)52(78-55(47)62-31-61-54)33-10-12-36(59)13-11-33)74-28-37-18-19-60-53(63-37)34-8-7-9-38(24-34)73-30-45-49(68-3)50(69-4)51(70-5)57(71-6)77-45/h7-19,24-25,31,40,44-45,49-51,57H,20-23,26-30H2,1-6H3,(H,66,67)/t40-,44-,45-,49-,50+,51+,57+/m1/s1. The molecule has 7 heterocycles. The predicted molar refractivity (Wildman–Crippen MR) is 289 cm³/mol. The number of methoxy groups -OCH3 is 4. The summed E-state index contributed by atoms with van der Waals surface area (Å²) in [6, 6.07) is 24.3. The van der Waals surface area contributed by atoms with Crippen LogP contribution in [0.25, 0.3) is 43.2 Å². The lowest BCUT2D eigenvalue weighted by Crippen LogP contribution is -2.61. The van der Waals surface area contributed by atoms with Crippen molar-refractivity contribution in [2.24, 2.45) is 0 Å². The Hall–Kier alpha value is -6.59. The van der Waals surface area contributed by atoms with E-state index in [-0.39, 0.29) is 32.1 Å². The lowest BCUT2D eigenvalue weighted by atomic mass is 9.96. The number of benzene rings is 4. The molecule has 0 unspecified atom stereocenters. The summed E-state index contributed by atoms with van der Waals surface area (Å²) < 4.78 is 75.9. The maximum absolute atomic E-state index is 14.4. The van der Waals surface area contributed by atoms with E-state index < -0.39 is 54.7 Å². The van der Waals surface area contributed by atoms with Gasteiger partial charge in [-0.25, -0.2) is 29.1 Å². The summed E-state index contributed by atoms with van der Waals surface area (Å²) in [6.45, 7) is 6.22. The summed E-state index contributed by atoms with van der Waals surface area (Å²) >= 11 is 8.62. The van der Waals surface area contributed by atoms with E-state index in [0.29, 0.717) is 89.7 Å². The van der Waals surface area contributed by atoms with Crippen LogP contribution in [0.4, 0.5) is 4.39 Å². The van der Waals surface area contributed by atoms with Gasteiger partial charge in [-0.3, -0.25) is 4.90 Å². The van der Waals surface area contributed by atoms with Gasteiger partial charge in [-0.05, 0) is 85.3 Å². The Balaban J connectivity index is 0.953. The highest BCUT2D eigenvalue weighted by Crippen LogP contribution is 2.50. The van der Waals surface area contributed by atoms with Crippen LogP contribution in [0.5, 0.6) is 28.9 Å². The number of hydrogen-bond donors (Lipinski definition) is 1. The highest BCUT2D eigenvalue weighted by atomic mass is 35.5. The number of rotatable bonds is 15.